The summed E-state index contributed by atoms with van der Waals surface area (Å²) in [5.41, 5.74) is 0.581. The number of thiazole rings is 1. The molecule has 0 atom stereocenters. The number of rotatable bonds is 3. The van der Waals surface area contributed by atoms with Gasteiger partial charge in [-0.05, 0) is 19.1 Å². The quantitative estimate of drug-likeness (QED) is 0.854. The first kappa shape index (κ1) is 13.7. The van der Waals surface area contributed by atoms with E-state index in [0.717, 1.165) is 12.1 Å². The first-order chi connectivity index (χ1) is 8.86. The molecule has 0 bridgehead atoms. The lowest BCUT2D eigenvalue weighted by atomic mass is 10.1. The molecule has 0 saturated carbocycles. The molecule has 0 fully saturated rings. The lowest BCUT2D eigenvalue weighted by Crippen LogP contribution is -2.03. The van der Waals surface area contributed by atoms with E-state index in [1.807, 2.05) is 0 Å². The summed E-state index contributed by atoms with van der Waals surface area (Å²) in [6, 6.07) is 4.83. The normalized spacial score (nSPS) is 11.6. The van der Waals surface area contributed by atoms with E-state index in [0.29, 0.717) is 16.3 Å². The SMILES string of the molecule is CC(=O)Cc1csc(-c2ccc(C(F)(F)F)cc2)n1. The van der Waals surface area contributed by atoms with Crippen LogP contribution in [0.5, 0.6) is 0 Å². The molecule has 100 valence electrons. The Balaban J connectivity index is 2.23. The Kier molecular flexibility index (Phi) is 3.71. The number of alkyl halides is 3. The van der Waals surface area contributed by atoms with Gasteiger partial charge in [-0.2, -0.15) is 13.2 Å². The first-order valence-corrected chi connectivity index (χ1v) is 6.35. The van der Waals surface area contributed by atoms with E-state index >= 15 is 0 Å². The highest BCUT2D eigenvalue weighted by Crippen LogP contribution is 2.31. The van der Waals surface area contributed by atoms with E-state index in [1.54, 1.807) is 5.38 Å². The standard InChI is InChI=1S/C13H10F3NOS/c1-8(18)6-11-7-19-12(17-11)9-2-4-10(5-3-9)13(14,15)16/h2-5,7H,6H2,1H3. The van der Waals surface area contributed by atoms with Crippen molar-refractivity contribution < 1.29 is 18.0 Å². The number of ketones is 1. The monoisotopic (exact) mass is 285 g/mol. The Morgan fingerprint density at radius 3 is 2.42 bits per heavy atom. The van der Waals surface area contributed by atoms with E-state index in [4.69, 9.17) is 0 Å². The molecule has 0 saturated heterocycles. The van der Waals surface area contributed by atoms with Crippen molar-refractivity contribution in [1.82, 2.24) is 4.98 Å². The number of carbonyl (C=O) groups is 1. The number of nitrogens with zero attached hydrogens (tertiary/aromatic N) is 1. The molecule has 0 aliphatic carbocycles. The molecule has 0 aliphatic rings. The lowest BCUT2D eigenvalue weighted by Gasteiger charge is -2.06. The van der Waals surface area contributed by atoms with Gasteiger partial charge in [0, 0.05) is 17.4 Å². The molecule has 2 aromatic rings. The van der Waals surface area contributed by atoms with Gasteiger partial charge in [-0.1, -0.05) is 12.1 Å². The highest BCUT2D eigenvalue weighted by atomic mass is 32.1. The molecule has 6 heteroatoms. The zero-order valence-corrected chi connectivity index (χ0v) is 10.8. The van der Waals surface area contributed by atoms with Crippen molar-refractivity contribution >= 4 is 17.1 Å². The molecule has 0 amide bonds. The zero-order valence-electron chi connectivity index (χ0n) is 9.99. The average Bonchev–Trinajstić information content (AvgIpc) is 2.75. The summed E-state index contributed by atoms with van der Waals surface area (Å²) in [6.45, 7) is 1.47. The van der Waals surface area contributed by atoms with Gasteiger partial charge in [0.15, 0.2) is 0 Å². The van der Waals surface area contributed by atoms with Gasteiger partial charge in [0.25, 0.3) is 0 Å². The van der Waals surface area contributed by atoms with Gasteiger partial charge in [-0.25, -0.2) is 4.98 Å². The fraction of sp³-hybridized carbons (Fsp3) is 0.231. The molecule has 1 aromatic heterocycles. The van der Waals surface area contributed by atoms with Crippen LogP contribution in [0.4, 0.5) is 13.2 Å². The Bertz CT molecular complexity index is 587. The van der Waals surface area contributed by atoms with Crippen LogP contribution in [0.2, 0.25) is 0 Å². The van der Waals surface area contributed by atoms with Gasteiger partial charge in [-0.15, -0.1) is 11.3 Å². The van der Waals surface area contributed by atoms with Crippen LogP contribution in [0.15, 0.2) is 29.6 Å². The summed E-state index contributed by atoms with van der Waals surface area (Å²) in [5, 5.41) is 2.36. The molecule has 1 heterocycles. The van der Waals surface area contributed by atoms with Crippen molar-refractivity contribution in [2.24, 2.45) is 0 Å². The van der Waals surface area contributed by atoms with Crippen LogP contribution in [0.3, 0.4) is 0 Å². The molecule has 0 aliphatic heterocycles. The molecular weight excluding hydrogens is 275 g/mol. The predicted octanol–water partition coefficient (Wildman–Crippen LogP) is 3.96. The highest BCUT2D eigenvalue weighted by molar-refractivity contribution is 7.13. The number of halogens is 3. The third-order valence-electron chi connectivity index (χ3n) is 2.44. The molecule has 2 nitrogen and oxygen atoms in total. The molecule has 1 aromatic carbocycles. The summed E-state index contributed by atoms with van der Waals surface area (Å²) in [5.74, 6) is 0.00395. The van der Waals surface area contributed by atoms with E-state index in [2.05, 4.69) is 4.98 Å². The second-order valence-electron chi connectivity index (χ2n) is 4.10. The van der Waals surface area contributed by atoms with Crippen LogP contribution in [-0.2, 0) is 17.4 Å². The summed E-state index contributed by atoms with van der Waals surface area (Å²) < 4.78 is 37.3. The number of hydrogen-bond acceptors (Lipinski definition) is 3. The summed E-state index contributed by atoms with van der Waals surface area (Å²) >= 11 is 1.31. The van der Waals surface area contributed by atoms with Crippen LogP contribution in [-0.4, -0.2) is 10.8 Å². The van der Waals surface area contributed by atoms with Crippen LogP contribution >= 0.6 is 11.3 Å². The molecular formula is C13H10F3NOS. The number of hydrogen-bond donors (Lipinski definition) is 0. The maximum atomic E-state index is 12.4. The molecule has 0 N–H and O–H groups in total. The fourth-order valence-corrected chi connectivity index (χ4v) is 2.40. The zero-order chi connectivity index (χ0) is 14.0. The van der Waals surface area contributed by atoms with E-state index in [1.165, 1.54) is 30.4 Å². The maximum Gasteiger partial charge on any atom is 0.416 e. The lowest BCUT2D eigenvalue weighted by molar-refractivity contribution is -0.137. The van der Waals surface area contributed by atoms with Crippen molar-refractivity contribution in [2.75, 3.05) is 0 Å². The minimum Gasteiger partial charge on any atom is -0.300 e. The Labute approximate surface area is 111 Å². The average molecular weight is 285 g/mol. The third-order valence-corrected chi connectivity index (χ3v) is 3.38. The van der Waals surface area contributed by atoms with Crippen LogP contribution in [0, 0.1) is 0 Å². The number of aromatic nitrogens is 1. The summed E-state index contributed by atoms with van der Waals surface area (Å²) in [7, 11) is 0. The molecule has 19 heavy (non-hydrogen) atoms. The van der Waals surface area contributed by atoms with E-state index in [9.17, 15) is 18.0 Å². The summed E-state index contributed by atoms with van der Waals surface area (Å²) in [4.78, 5) is 15.2. The molecule has 0 radical (unpaired) electrons. The van der Waals surface area contributed by atoms with Gasteiger partial charge in [0.2, 0.25) is 0 Å². The van der Waals surface area contributed by atoms with Gasteiger partial charge in [0.1, 0.15) is 10.8 Å². The second-order valence-corrected chi connectivity index (χ2v) is 4.96. The third kappa shape index (κ3) is 3.41. The van der Waals surface area contributed by atoms with Gasteiger partial charge >= 0.3 is 6.18 Å². The van der Waals surface area contributed by atoms with Crippen molar-refractivity contribution in [3.05, 3.63) is 40.9 Å². The smallest absolute Gasteiger partial charge is 0.300 e. The topological polar surface area (TPSA) is 30.0 Å². The van der Waals surface area contributed by atoms with Crippen LogP contribution in [0.1, 0.15) is 18.2 Å². The van der Waals surface area contributed by atoms with Gasteiger partial charge < -0.3 is 0 Å². The molecule has 0 spiro atoms. The Morgan fingerprint density at radius 1 is 1.26 bits per heavy atom. The highest BCUT2D eigenvalue weighted by Gasteiger charge is 2.30. The van der Waals surface area contributed by atoms with Crippen molar-refractivity contribution in [3.8, 4) is 10.6 Å². The largest absolute Gasteiger partial charge is 0.416 e. The number of carbonyl (C=O) groups excluding carboxylic acids is 1. The van der Waals surface area contributed by atoms with Crippen molar-refractivity contribution in [3.63, 3.8) is 0 Å². The van der Waals surface area contributed by atoms with Gasteiger partial charge in [0.05, 0.1) is 11.3 Å². The van der Waals surface area contributed by atoms with E-state index in [-0.39, 0.29) is 12.2 Å². The number of benzene rings is 1. The minimum absolute atomic E-state index is 0.00395. The maximum absolute atomic E-state index is 12.4. The number of Topliss-reactive ketones (excluding diaryl/α,β-unsaturated/α-hetero) is 1. The van der Waals surface area contributed by atoms with Crippen molar-refractivity contribution in [2.45, 2.75) is 19.5 Å². The summed E-state index contributed by atoms with van der Waals surface area (Å²) in [6.07, 6.45) is -4.08. The Hall–Kier alpha value is -1.69. The molecule has 2 rings (SSSR count). The second kappa shape index (κ2) is 5.13. The predicted molar refractivity (Wildman–Crippen MR) is 66.9 cm³/mol. The Morgan fingerprint density at radius 2 is 1.89 bits per heavy atom. The fourth-order valence-electron chi connectivity index (χ4n) is 1.58. The van der Waals surface area contributed by atoms with Crippen LogP contribution < -0.4 is 0 Å². The van der Waals surface area contributed by atoms with E-state index < -0.39 is 11.7 Å². The minimum atomic E-state index is -4.33. The van der Waals surface area contributed by atoms with Crippen molar-refractivity contribution in [1.29, 1.82) is 0 Å². The van der Waals surface area contributed by atoms with Gasteiger partial charge in [-0.3, -0.25) is 4.79 Å². The molecule has 0 unspecified atom stereocenters. The first-order valence-electron chi connectivity index (χ1n) is 5.48. The van der Waals surface area contributed by atoms with Crippen LogP contribution in [0.25, 0.3) is 10.6 Å².